The van der Waals surface area contributed by atoms with E-state index in [-0.39, 0.29) is 23.3 Å². The normalized spacial score (nSPS) is 14.2. The number of aryl methyl sites for hydroxylation is 2. The first-order chi connectivity index (χ1) is 15.3. The van der Waals surface area contributed by atoms with Crippen LogP contribution in [0.5, 0.6) is 5.75 Å². The molecule has 0 fully saturated rings. The maximum absolute atomic E-state index is 12.9. The number of rotatable bonds is 4. The topological polar surface area (TPSA) is 104 Å². The number of benzene rings is 2. The number of phenols is 1. The van der Waals surface area contributed by atoms with E-state index in [2.05, 4.69) is 15.8 Å². The van der Waals surface area contributed by atoms with Crippen LogP contribution >= 0.6 is 11.6 Å². The Hall–Kier alpha value is -3.58. The molecular formula is C24H22ClN3O4. The Morgan fingerprint density at radius 1 is 1.06 bits per heavy atom. The molecule has 0 spiro atoms. The number of anilines is 1. The van der Waals surface area contributed by atoms with Gasteiger partial charge in [0.1, 0.15) is 11.5 Å². The molecule has 0 saturated carbocycles. The molecule has 2 aromatic carbocycles. The minimum atomic E-state index is -0.387. The summed E-state index contributed by atoms with van der Waals surface area (Å²) in [5.41, 5.74) is 6.56. The fourth-order valence-electron chi connectivity index (χ4n) is 3.74. The zero-order valence-corrected chi connectivity index (χ0v) is 18.4. The minimum Gasteiger partial charge on any atom is -0.508 e. The van der Waals surface area contributed by atoms with E-state index in [1.807, 2.05) is 13.8 Å². The summed E-state index contributed by atoms with van der Waals surface area (Å²) in [7, 11) is 0. The predicted octanol–water partition coefficient (Wildman–Crippen LogP) is 4.98. The standard InChI is InChI=1S/C24H22ClN3O4/c1-13-12-16(25)8-11-18(13)26-24(31)22-14(2)21-19(4-3-5-20(21)32-22)27-28-23(30)15-6-9-17(29)10-7-15/h6-12,29H,3-5H2,1-2H3,(H,26,31)(H,28,30)/b27-19+. The fraction of sp³-hybridized carbons (Fsp3) is 0.208. The molecule has 0 atom stereocenters. The third kappa shape index (κ3) is 4.38. The van der Waals surface area contributed by atoms with Crippen molar-refractivity contribution in [2.24, 2.45) is 5.10 Å². The number of aromatic hydroxyl groups is 1. The number of hydrogen-bond donors (Lipinski definition) is 3. The van der Waals surface area contributed by atoms with Crippen molar-refractivity contribution in [1.82, 2.24) is 5.43 Å². The van der Waals surface area contributed by atoms with Crippen molar-refractivity contribution in [3.63, 3.8) is 0 Å². The smallest absolute Gasteiger partial charge is 0.291 e. The molecule has 1 aliphatic carbocycles. The summed E-state index contributed by atoms with van der Waals surface area (Å²) in [6, 6.07) is 11.1. The van der Waals surface area contributed by atoms with Crippen LogP contribution < -0.4 is 10.7 Å². The lowest BCUT2D eigenvalue weighted by molar-refractivity contribution is 0.0953. The molecule has 2 amide bonds. The Morgan fingerprint density at radius 3 is 2.53 bits per heavy atom. The van der Waals surface area contributed by atoms with Gasteiger partial charge >= 0.3 is 0 Å². The van der Waals surface area contributed by atoms with Gasteiger partial charge in [0.2, 0.25) is 0 Å². The molecule has 0 aliphatic heterocycles. The minimum absolute atomic E-state index is 0.0819. The van der Waals surface area contributed by atoms with Gasteiger partial charge in [-0.3, -0.25) is 9.59 Å². The van der Waals surface area contributed by atoms with Crippen molar-refractivity contribution in [2.45, 2.75) is 33.1 Å². The molecule has 0 bridgehead atoms. The van der Waals surface area contributed by atoms with Crippen molar-refractivity contribution >= 4 is 34.8 Å². The van der Waals surface area contributed by atoms with Gasteiger partial charge in [0.15, 0.2) is 5.76 Å². The van der Waals surface area contributed by atoms with E-state index < -0.39 is 0 Å². The number of halogens is 1. The molecule has 1 heterocycles. The van der Waals surface area contributed by atoms with Crippen LogP contribution in [-0.4, -0.2) is 22.6 Å². The lowest BCUT2D eigenvalue weighted by Gasteiger charge is -2.13. The molecule has 3 aromatic rings. The Bertz CT molecular complexity index is 1230. The molecule has 0 unspecified atom stereocenters. The fourth-order valence-corrected chi connectivity index (χ4v) is 3.97. The zero-order valence-electron chi connectivity index (χ0n) is 17.7. The van der Waals surface area contributed by atoms with Gasteiger partial charge in [-0.05, 0) is 74.7 Å². The van der Waals surface area contributed by atoms with Crippen LogP contribution in [0.25, 0.3) is 0 Å². The number of amides is 2. The maximum Gasteiger partial charge on any atom is 0.291 e. The highest BCUT2D eigenvalue weighted by Crippen LogP contribution is 2.31. The van der Waals surface area contributed by atoms with Gasteiger partial charge in [-0.25, -0.2) is 5.43 Å². The van der Waals surface area contributed by atoms with Crippen LogP contribution in [-0.2, 0) is 6.42 Å². The molecule has 0 radical (unpaired) electrons. The van der Waals surface area contributed by atoms with Crippen LogP contribution in [0.1, 0.15) is 56.2 Å². The second kappa shape index (κ2) is 8.88. The Labute approximate surface area is 190 Å². The van der Waals surface area contributed by atoms with Crippen LogP contribution in [0.15, 0.2) is 52.0 Å². The highest BCUT2D eigenvalue weighted by Gasteiger charge is 2.28. The first-order valence-corrected chi connectivity index (χ1v) is 10.6. The Kier molecular flexibility index (Phi) is 6.01. The van der Waals surface area contributed by atoms with E-state index in [1.165, 1.54) is 24.3 Å². The maximum atomic E-state index is 12.9. The molecule has 4 rings (SSSR count). The van der Waals surface area contributed by atoms with E-state index in [4.69, 9.17) is 16.0 Å². The third-order valence-electron chi connectivity index (χ3n) is 5.39. The van der Waals surface area contributed by atoms with Crippen molar-refractivity contribution in [3.8, 4) is 5.75 Å². The van der Waals surface area contributed by atoms with Gasteiger partial charge in [-0.2, -0.15) is 5.10 Å². The number of carbonyl (C=O) groups excluding carboxylic acids is 2. The Morgan fingerprint density at radius 2 is 1.81 bits per heavy atom. The van der Waals surface area contributed by atoms with Crippen LogP contribution in [0.2, 0.25) is 5.02 Å². The number of nitrogens with one attached hydrogen (secondary N) is 2. The number of fused-ring (bicyclic) bond motifs is 1. The molecule has 8 heteroatoms. The van der Waals surface area contributed by atoms with E-state index in [0.29, 0.717) is 46.2 Å². The number of phenolic OH excluding ortho intramolecular Hbond substituents is 1. The van der Waals surface area contributed by atoms with E-state index in [9.17, 15) is 14.7 Å². The van der Waals surface area contributed by atoms with E-state index in [1.54, 1.807) is 18.2 Å². The predicted molar refractivity (Wildman–Crippen MR) is 123 cm³/mol. The van der Waals surface area contributed by atoms with E-state index in [0.717, 1.165) is 17.5 Å². The average molecular weight is 452 g/mol. The van der Waals surface area contributed by atoms with Crippen LogP contribution in [0.4, 0.5) is 5.69 Å². The molecule has 1 aromatic heterocycles. The number of furan rings is 1. The summed E-state index contributed by atoms with van der Waals surface area (Å²) in [6.07, 6.45) is 2.14. The Balaban J connectivity index is 1.57. The van der Waals surface area contributed by atoms with Crippen molar-refractivity contribution < 1.29 is 19.1 Å². The van der Waals surface area contributed by atoms with Crippen LogP contribution in [0, 0.1) is 13.8 Å². The third-order valence-corrected chi connectivity index (χ3v) is 5.63. The van der Waals surface area contributed by atoms with E-state index >= 15 is 0 Å². The van der Waals surface area contributed by atoms with Crippen molar-refractivity contribution in [1.29, 1.82) is 0 Å². The number of carbonyl (C=O) groups is 2. The first kappa shape index (κ1) is 21.6. The van der Waals surface area contributed by atoms with Gasteiger partial charge in [0.25, 0.3) is 11.8 Å². The molecule has 3 N–H and O–H groups in total. The van der Waals surface area contributed by atoms with Gasteiger partial charge in [-0.15, -0.1) is 0 Å². The number of nitrogens with zero attached hydrogens (tertiary/aromatic N) is 1. The molecule has 164 valence electrons. The summed E-state index contributed by atoms with van der Waals surface area (Å²) >= 11 is 5.99. The second-order valence-electron chi connectivity index (χ2n) is 7.67. The van der Waals surface area contributed by atoms with Gasteiger partial charge in [0, 0.05) is 33.8 Å². The second-order valence-corrected chi connectivity index (χ2v) is 8.10. The highest BCUT2D eigenvalue weighted by molar-refractivity contribution is 6.30. The zero-order chi connectivity index (χ0) is 22.8. The summed E-state index contributed by atoms with van der Waals surface area (Å²) in [4.78, 5) is 25.3. The quantitative estimate of drug-likeness (QED) is 0.486. The monoisotopic (exact) mass is 451 g/mol. The lowest BCUT2D eigenvalue weighted by Crippen LogP contribution is -2.22. The van der Waals surface area contributed by atoms with Crippen LogP contribution in [0.3, 0.4) is 0 Å². The molecule has 1 aliphatic rings. The van der Waals surface area contributed by atoms with Gasteiger partial charge in [-0.1, -0.05) is 11.6 Å². The molecule has 32 heavy (non-hydrogen) atoms. The summed E-state index contributed by atoms with van der Waals surface area (Å²) in [5.74, 6) is 0.253. The SMILES string of the molecule is Cc1cc(Cl)ccc1NC(=O)c1oc2c(c1C)/C(=N/NC(=O)c1ccc(O)cc1)CCC2. The molecule has 7 nitrogen and oxygen atoms in total. The first-order valence-electron chi connectivity index (χ1n) is 10.2. The highest BCUT2D eigenvalue weighted by atomic mass is 35.5. The lowest BCUT2D eigenvalue weighted by atomic mass is 9.93. The summed E-state index contributed by atoms with van der Waals surface area (Å²) in [5, 5.41) is 17.2. The average Bonchev–Trinajstić information content (AvgIpc) is 3.12. The number of hydrazone groups is 1. The van der Waals surface area contributed by atoms with Crippen molar-refractivity contribution in [2.75, 3.05) is 5.32 Å². The summed E-state index contributed by atoms with van der Waals surface area (Å²) in [6.45, 7) is 3.68. The molecular weight excluding hydrogens is 430 g/mol. The van der Waals surface area contributed by atoms with Gasteiger partial charge < -0.3 is 14.8 Å². The molecule has 0 saturated heterocycles. The largest absolute Gasteiger partial charge is 0.508 e. The van der Waals surface area contributed by atoms with Crippen molar-refractivity contribution in [3.05, 3.63) is 81.3 Å². The summed E-state index contributed by atoms with van der Waals surface area (Å²) < 4.78 is 5.91. The van der Waals surface area contributed by atoms with Gasteiger partial charge in [0.05, 0.1) is 5.71 Å². The number of hydrogen-bond acceptors (Lipinski definition) is 5.